The van der Waals surface area contributed by atoms with Crippen LogP contribution in [0.25, 0.3) is 27.8 Å². The Hall–Kier alpha value is -3.16. The SMILES string of the molecule is Cc1ccc(-n2cc(-c3ccc(Cl)cc3)c3c(NN(C)C(N)=S)ncnc32)cc1. The molecule has 0 fully saturated rings. The van der Waals surface area contributed by atoms with Crippen molar-refractivity contribution >= 4 is 45.8 Å². The van der Waals surface area contributed by atoms with E-state index in [9.17, 15) is 0 Å². The highest BCUT2D eigenvalue weighted by Gasteiger charge is 2.18. The van der Waals surface area contributed by atoms with E-state index in [1.165, 1.54) is 11.9 Å². The minimum Gasteiger partial charge on any atom is -0.375 e. The normalized spacial score (nSPS) is 10.9. The number of aryl methyl sites for hydroxylation is 1. The van der Waals surface area contributed by atoms with Gasteiger partial charge >= 0.3 is 0 Å². The summed E-state index contributed by atoms with van der Waals surface area (Å²) in [4.78, 5) is 9.00. The van der Waals surface area contributed by atoms with Crippen molar-refractivity contribution in [3.63, 3.8) is 0 Å². The summed E-state index contributed by atoms with van der Waals surface area (Å²) in [5.74, 6) is 0.612. The lowest BCUT2D eigenvalue weighted by molar-refractivity contribution is 0.610. The maximum absolute atomic E-state index is 6.09. The van der Waals surface area contributed by atoms with Gasteiger partial charge in [-0.25, -0.2) is 9.97 Å². The molecule has 8 heteroatoms. The Labute approximate surface area is 178 Å². The smallest absolute Gasteiger partial charge is 0.184 e. The number of hydrogen-bond acceptors (Lipinski definition) is 4. The predicted molar refractivity (Wildman–Crippen MR) is 122 cm³/mol. The first-order valence-corrected chi connectivity index (χ1v) is 9.71. The minimum atomic E-state index is 0.211. The highest BCUT2D eigenvalue weighted by Crippen LogP contribution is 2.35. The third-order valence-electron chi connectivity index (χ3n) is 4.65. The van der Waals surface area contributed by atoms with Crippen LogP contribution in [-0.4, -0.2) is 31.7 Å². The summed E-state index contributed by atoms with van der Waals surface area (Å²) in [7, 11) is 1.75. The van der Waals surface area contributed by atoms with Crippen molar-refractivity contribution in [3.8, 4) is 16.8 Å². The number of nitrogens with two attached hydrogens (primary N) is 1. The molecular weight excluding hydrogens is 404 g/mol. The lowest BCUT2D eigenvalue weighted by Gasteiger charge is -2.19. The van der Waals surface area contributed by atoms with E-state index in [1.54, 1.807) is 12.1 Å². The van der Waals surface area contributed by atoms with Gasteiger partial charge in [0.2, 0.25) is 0 Å². The van der Waals surface area contributed by atoms with Crippen LogP contribution < -0.4 is 11.2 Å². The molecular formula is C21H19ClN6S. The fraction of sp³-hybridized carbons (Fsp3) is 0.0952. The summed E-state index contributed by atoms with van der Waals surface area (Å²) in [6, 6.07) is 16.0. The van der Waals surface area contributed by atoms with Crippen molar-refractivity contribution in [2.75, 3.05) is 12.5 Å². The van der Waals surface area contributed by atoms with Crippen LogP contribution in [0.15, 0.2) is 61.1 Å². The minimum absolute atomic E-state index is 0.211. The molecule has 0 bridgehead atoms. The predicted octanol–water partition coefficient (Wildman–Crippen LogP) is 4.55. The van der Waals surface area contributed by atoms with Crippen molar-refractivity contribution in [2.45, 2.75) is 6.92 Å². The van der Waals surface area contributed by atoms with Crippen LogP contribution in [0, 0.1) is 6.92 Å². The zero-order valence-electron chi connectivity index (χ0n) is 15.9. The van der Waals surface area contributed by atoms with Crippen LogP contribution in [0.1, 0.15) is 5.56 Å². The lowest BCUT2D eigenvalue weighted by atomic mass is 10.1. The summed E-state index contributed by atoms with van der Waals surface area (Å²) < 4.78 is 2.05. The molecule has 4 rings (SSSR count). The van der Waals surface area contributed by atoms with Gasteiger partial charge in [-0.2, -0.15) is 0 Å². The summed E-state index contributed by atoms with van der Waals surface area (Å²) in [6.07, 6.45) is 3.58. The second-order valence-electron chi connectivity index (χ2n) is 6.69. The average Bonchev–Trinajstić information content (AvgIpc) is 3.10. The highest BCUT2D eigenvalue weighted by atomic mass is 35.5. The van der Waals surface area contributed by atoms with Gasteiger partial charge in [0.05, 0.1) is 5.39 Å². The molecule has 0 amide bonds. The third-order valence-corrected chi connectivity index (χ3v) is 5.18. The number of aromatic nitrogens is 3. The molecule has 2 heterocycles. The van der Waals surface area contributed by atoms with Crippen LogP contribution in [0.5, 0.6) is 0 Å². The number of rotatable bonds is 4. The van der Waals surface area contributed by atoms with Crippen LogP contribution in [0.2, 0.25) is 5.02 Å². The summed E-state index contributed by atoms with van der Waals surface area (Å²) in [5, 5.41) is 3.30. The molecule has 0 saturated heterocycles. The van der Waals surface area contributed by atoms with E-state index in [4.69, 9.17) is 29.6 Å². The Bertz CT molecular complexity index is 1180. The molecule has 0 spiro atoms. The van der Waals surface area contributed by atoms with Crippen molar-refractivity contribution in [2.24, 2.45) is 5.73 Å². The van der Waals surface area contributed by atoms with Crippen molar-refractivity contribution in [1.82, 2.24) is 19.5 Å². The van der Waals surface area contributed by atoms with E-state index >= 15 is 0 Å². The van der Waals surface area contributed by atoms with Gasteiger partial charge in [-0.1, -0.05) is 41.4 Å². The number of benzene rings is 2. The van der Waals surface area contributed by atoms with Gasteiger partial charge in [-0.3, -0.25) is 10.4 Å². The van der Waals surface area contributed by atoms with E-state index in [2.05, 4.69) is 52.8 Å². The number of nitrogens with one attached hydrogen (secondary N) is 1. The average molecular weight is 423 g/mol. The molecule has 0 atom stereocenters. The van der Waals surface area contributed by atoms with Crippen LogP contribution in [-0.2, 0) is 0 Å². The van der Waals surface area contributed by atoms with E-state index < -0.39 is 0 Å². The Kier molecular flexibility index (Phi) is 5.08. The van der Waals surface area contributed by atoms with E-state index in [0.29, 0.717) is 10.8 Å². The van der Waals surface area contributed by atoms with Crippen LogP contribution in [0.3, 0.4) is 0 Å². The number of hydrazine groups is 1. The number of thiocarbonyl (C=S) groups is 1. The molecule has 0 aliphatic carbocycles. The second-order valence-corrected chi connectivity index (χ2v) is 7.54. The van der Waals surface area contributed by atoms with E-state index in [-0.39, 0.29) is 5.11 Å². The molecule has 0 unspecified atom stereocenters. The largest absolute Gasteiger partial charge is 0.375 e. The fourth-order valence-corrected chi connectivity index (χ4v) is 3.28. The summed E-state index contributed by atoms with van der Waals surface area (Å²) in [6.45, 7) is 2.06. The highest BCUT2D eigenvalue weighted by molar-refractivity contribution is 7.80. The number of nitrogens with zero attached hydrogens (tertiary/aromatic N) is 4. The number of halogens is 1. The number of fused-ring (bicyclic) bond motifs is 1. The molecule has 29 heavy (non-hydrogen) atoms. The van der Waals surface area contributed by atoms with Gasteiger partial charge < -0.3 is 10.3 Å². The first-order chi connectivity index (χ1) is 13.9. The maximum Gasteiger partial charge on any atom is 0.184 e. The first kappa shape index (κ1) is 19.2. The van der Waals surface area contributed by atoms with E-state index in [1.807, 2.05) is 28.8 Å². The van der Waals surface area contributed by atoms with Crippen LogP contribution >= 0.6 is 23.8 Å². The molecule has 146 valence electrons. The maximum atomic E-state index is 6.09. The third kappa shape index (κ3) is 3.74. The number of anilines is 1. The van der Waals surface area contributed by atoms with Gasteiger partial charge in [-0.15, -0.1) is 0 Å². The zero-order chi connectivity index (χ0) is 20.5. The Balaban J connectivity index is 1.97. The van der Waals surface area contributed by atoms with Gasteiger partial charge in [0.15, 0.2) is 16.6 Å². The standard InChI is InChI=1S/C21H19ClN6S/c1-13-3-9-16(10-4-13)28-11-17(14-5-7-15(22)8-6-14)18-19(24-12-25-20(18)28)26-27(2)21(23)29/h3-12H,1-2H3,(H2,23,29)(H,24,25,26). The first-order valence-electron chi connectivity index (χ1n) is 8.93. The molecule has 2 aromatic carbocycles. The Morgan fingerprint density at radius 3 is 2.45 bits per heavy atom. The molecule has 0 radical (unpaired) electrons. The van der Waals surface area contributed by atoms with Crippen molar-refractivity contribution in [3.05, 3.63) is 71.6 Å². The van der Waals surface area contributed by atoms with Crippen molar-refractivity contribution in [1.29, 1.82) is 0 Å². The Morgan fingerprint density at radius 2 is 1.79 bits per heavy atom. The quantitative estimate of drug-likeness (QED) is 0.371. The van der Waals surface area contributed by atoms with Gasteiger partial charge in [0.25, 0.3) is 0 Å². The molecule has 0 saturated carbocycles. The zero-order valence-corrected chi connectivity index (χ0v) is 17.5. The number of hydrogen-bond donors (Lipinski definition) is 2. The topological polar surface area (TPSA) is 72.0 Å². The Morgan fingerprint density at radius 1 is 1.10 bits per heavy atom. The van der Waals surface area contributed by atoms with Gasteiger partial charge in [-0.05, 0) is 49.0 Å². The molecule has 0 aliphatic rings. The monoisotopic (exact) mass is 422 g/mol. The van der Waals surface area contributed by atoms with Gasteiger partial charge in [0.1, 0.15) is 6.33 Å². The van der Waals surface area contributed by atoms with Gasteiger partial charge in [0, 0.05) is 29.5 Å². The molecule has 4 aromatic rings. The molecule has 6 nitrogen and oxygen atoms in total. The second kappa shape index (κ2) is 7.69. The molecule has 3 N–H and O–H groups in total. The van der Waals surface area contributed by atoms with Crippen molar-refractivity contribution < 1.29 is 0 Å². The lowest BCUT2D eigenvalue weighted by Crippen LogP contribution is -2.36. The fourth-order valence-electron chi connectivity index (χ4n) is 3.11. The summed E-state index contributed by atoms with van der Waals surface area (Å²) >= 11 is 11.1. The van der Waals surface area contributed by atoms with E-state index in [0.717, 1.165) is 27.8 Å². The molecule has 2 aromatic heterocycles. The summed E-state index contributed by atoms with van der Waals surface area (Å²) in [5.41, 5.74) is 13.8. The molecule has 0 aliphatic heterocycles. The van der Waals surface area contributed by atoms with Crippen LogP contribution in [0.4, 0.5) is 5.82 Å².